The van der Waals surface area contributed by atoms with Crippen molar-refractivity contribution in [3.63, 3.8) is 0 Å². The minimum absolute atomic E-state index is 0. The van der Waals surface area contributed by atoms with Gasteiger partial charge < -0.3 is 15.3 Å². The van der Waals surface area contributed by atoms with Crippen LogP contribution in [0.2, 0.25) is 0 Å². The topological polar surface area (TPSA) is 120 Å². The molecule has 0 radical (unpaired) electrons. The van der Waals surface area contributed by atoms with Crippen LogP contribution in [0, 0.1) is 0 Å². The van der Waals surface area contributed by atoms with E-state index in [4.69, 9.17) is 0 Å². The summed E-state index contributed by atoms with van der Waals surface area (Å²) in [7, 11) is 0. The molecule has 0 amide bonds. The molecule has 0 saturated carbocycles. The predicted molar refractivity (Wildman–Crippen MR) is 73.3 cm³/mol. The Kier molecular flexibility index (Phi) is 22.9. The largest absolute Gasteiger partial charge is 2.00 e. The van der Waals surface area contributed by atoms with Crippen LogP contribution in [0.1, 0.15) is 41.5 Å². The van der Waals surface area contributed by atoms with E-state index in [9.17, 15) is 29.7 Å². The van der Waals surface area contributed by atoms with Crippen LogP contribution in [0.15, 0.2) is 35.5 Å². The molecule has 22 heavy (non-hydrogen) atoms. The standard InChI is InChI=1S/3C5H8O2.Zr/c3*1-4(6)3-5(2)7;/h3*3,6H,1-2H3;/q;;;+2/p-3/b3*4-3-;. The molecule has 7 heteroatoms. The first-order valence-electron chi connectivity index (χ1n) is 5.96. The van der Waals surface area contributed by atoms with Crippen molar-refractivity contribution in [2.75, 3.05) is 0 Å². The van der Waals surface area contributed by atoms with Crippen LogP contribution in [-0.2, 0) is 40.6 Å². The molecule has 6 nitrogen and oxygen atoms in total. The average Bonchev–Trinajstić information content (AvgIpc) is 2.10. The molecule has 0 unspecified atom stereocenters. The molecule has 0 aromatic rings. The smallest absolute Gasteiger partial charge is 0.876 e. The Morgan fingerprint density at radius 3 is 0.682 bits per heavy atom. The first-order valence-corrected chi connectivity index (χ1v) is 5.96. The average molecular weight is 389 g/mol. The Balaban J connectivity index is -0.000000108. The van der Waals surface area contributed by atoms with Gasteiger partial charge in [0, 0.05) is 0 Å². The molecule has 0 aliphatic heterocycles. The molecule has 0 saturated heterocycles. The molecule has 0 aromatic carbocycles. The minimum Gasteiger partial charge on any atom is -0.876 e. The zero-order valence-corrected chi connectivity index (χ0v) is 16.1. The first-order chi connectivity index (χ1) is 9.38. The van der Waals surface area contributed by atoms with Crippen molar-refractivity contribution in [3.8, 4) is 0 Å². The predicted octanol–water partition coefficient (Wildman–Crippen LogP) is -0.484. The van der Waals surface area contributed by atoms with Crippen molar-refractivity contribution in [2.45, 2.75) is 41.5 Å². The number of hydrogen-bond donors (Lipinski definition) is 0. The third-order valence-corrected chi connectivity index (χ3v) is 1.22. The number of carbonyl (C=O) groups is 3. The van der Waals surface area contributed by atoms with Gasteiger partial charge in [-0.3, -0.25) is 14.4 Å². The van der Waals surface area contributed by atoms with Crippen molar-refractivity contribution in [2.24, 2.45) is 0 Å². The van der Waals surface area contributed by atoms with Crippen LogP contribution < -0.4 is 15.3 Å². The van der Waals surface area contributed by atoms with Crippen molar-refractivity contribution in [3.05, 3.63) is 35.5 Å². The fraction of sp³-hybridized carbons (Fsp3) is 0.400. The van der Waals surface area contributed by atoms with Gasteiger partial charge in [0.25, 0.3) is 0 Å². The second-order valence-corrected chi connectivity index (χ2v) is 4.10. The number of rotatable bonds is 3. The molecule has 0 aliphatic rings. The summed E-state index contributed by atoms with van der Waals surface area (Å²) in [6.07, 6.45) is 3.17. The fourth-order valence-electron chi connectivity index (χ4n) is 0.859. The van der Waals surface area contributed by atoms with Gasteiger partial charge in [-0.15, -0.1) is 17.3 Å². The summed E-state index contributed by atoms with van der Waals surface area (Å²) in [4.78, 5) is 29.9. The summed E-state index contributed by atoms with van der Waals surface area (Å²) in [5, 5.41) is 29.9. The summed E-state index contributed by atoms with van der Waals surface area (Å²) in [5.41, 5.74) is 0. The molecule has 0 atom stereocenters. The van der Waals surface area contributed by atoms with E-state index in [0.29, 0.717) is 0 Å². The Morgan fingerprint density at radius 1 is 0.545 bits per heavy atom. The molecule has 0 aliphatic carbocycles. The van der Waals surface area contributed by atoms with Gasteiger partial charge in [0.05, 0.1) is 0 Å². The third-order valence-electron chi connectivity index (χ3n) is 1.22. The van der Waals surface area contributed by atoms with Crippen molar-refractivity contribution < 1.29 is 55.9 Å². The van der Waals surface area contributed by atoms with Crippen LogP contribution >= 0.6 is 0 Å². The van der Waals surface area contributed by atoms with E-state index < -0.39 is 0 Å². The normalized spacial score (nSPS) is 10.9. The number of allylic oxidation sites excluding steroid dienone is 6. The Hall–Kier alpha value is -1.49. The second-order valence-electron chi connectivity index (χ2n) is 4.10. The fourth-order valence-corrected chi connectivity index (χ4v) is 0.859. The molecule has 0 N–H and O–H groups in total. The van der Waals surface area contributed by atoms with Gasteiger partial charge >= 0.3 is 26.2 Å². The molecular formula is C15H21O6Zr-. The summed E-state index contributed by atoms with van der Waals surface area (Å²) in [5.74, 6) is -1.12. The number of carbonyl (C=O) groups excluding carboxylic acids is 3. The van der Waals surface area contributed by atoms with Crippen LogP contribution in [0.3, 0.4) is 0 Å². The molecule has 0 heterocycles. The minimum atomic E-state index is -0.187. The van der Waals surface area contributed by atoms with E-state index >= 15 is 0 Å². The van der Waals surface area contributed by atoms with Gasteiger partial charge in [-0.1, -0.05) is 20.8 Å². The molecule has 0 fully saturated rings. The van der Waals surface area contributed by atoms with Crippen LogP contribution in [-0.4, -0.2) is 17.3 Å². The van der Waals surface area contributed by atoms with Gasteiger partial charge in [-0.05, 0) is 39.0 Å². The van der Waals surface area contributed by atoms with Crippen LogP contribution in [0.5, 0.6) is 0 Å². The molecule has 0 aromatic heterocycles. The van der Waals surface area contributed by atoms with Gasteiger partial charge in [-0.2, -0.15) is 0 Å². The Labute approximate surface area is 150 Å². The van der Waals surface area contributed by atoms with Gasteiger partial charge in [0.2, 0.25) is 0 Å². The monoisotopic (exact) mass is 387 g/mol. The third kappa shape index (κ3) is 51.4. The van der Waals surface area contributed by atoms with E-state index in [1.807, 2.05) is 0 Å². The van der Waals surface area contributed by atoms with Crippen molar-refractivity contribution >= 4 is 17.3 Å². The molecular weight excluding hydrogens is 367 g/mol. The molecule has 0 spiro atoms. The SMILES string of the molecule is CC(=O)/C=C(/C)[O-].CC(=O)/C=C(/C)[O-].CC(=O)/C=C(/C)[O-].[Zr+2]. The van der Waals surface area contributed by atoms with E-state index in [2.05, 4.69) is 0 Å². The maximum Gasteiger partial charge on any atom is 2.00 e. The van der Waals surface area contributed by atoms with Crippen molar-refractivity contribution in [1.29, 1.82) is 0 Å². The quantitative estimate of drug-likeness (QED) is 0.475. The summed E-state index contributed by atoms with van der Waals surface area (Å²) >= 11 is 0. The van der Waals surface area contributed by atoms with Crippen LogP contribution in [0.25, 0.3) is 0 Å². The van der Waals surface area contributed by atoms with E-state index in [0.717, 1.165) is 18.2 Å². The molecule has 122 valence electrons. The molecule has 0 rings (SSSR count). The Morgan fingerprint density at radius 2 is 0.682 bits per heavy atom. The van der Waals surface area contributed by atoms with Crippen molar-refractivity contribution in [1.82, 2.24) is 0 Å². The van der Waals surface area contributed by atoms with E-state index in [1.54, 1.807) is 0 Å². The molecule has 0 bridgehead atoms. The van der Waals surface area contributed by atoms with Gasteiger partial charge in [-0.25, -0.2) is 0 Å². The van der Waals surface area contributed by atoms with E-state index in [-0.39, 0.29) is 60.8 Å². The summed E-state index contributed by atoms with van der Waals surface area (Å²) < 4.78 is 0. The number of hydrogen-bond acceptors (Lipinski definition) is 6. The van der Waals surface area contributed by atoms with Crippen LogP contribution in [0.4, 0.5) is 0 Å². The van der Waals surface area contributed by atoms with Gasteiger partial charge in [0.15, 0.2) is 17.3 Å². The maximum absolute atomic E-state index is 9.98. The van der Waals surface area contributed by atoms with Gasteiger partial charge in [0.1, 0.15) is 0 Å². The number of ketones is 3. The zero-order valence-electron chi connectivity index (χ0n) is 13.7. The zero-order chi connectivity index (χ0) is 17.6. The Bertz CT molecular complexity index is 368. The van der Waals surface area contributed by atoms with E-state index in [1.165, 1.54) is 41.5 Å². The summed E-state index contributed by atoms with van der Waals surface area (Å²) in [6, 6.07) is 0. The first kappa shape index (κ1) is 28.6. The summed E-state index contributed by atoms with van der Waals surface area (Å²) in [6.45, 7) is 8.09. The second kappa shape index (κ2) is 17.6. The maximum atomic E-state index is 9.98.